The number of carbonyl (C=O) groups is 2. The molecule has 1 saturated heterocycles. The largest absolute Gasteiger partial charge is 0.270 e. The lowest BCUT2D eigenvalue weighted by atomic mass is 10.1. The molecule has 2 aromatic carbocycles. The van der Waals surface area contributed by atoms with Crippen LogP contribution in [0.15, 0.2) is 48.5 Å². The average molecular weight is 342 g/mol. The van der Waals surface area contributed by atoms with Crippen molar-refractivity contribution in [1.82, 2.24) is 0 Å². The molecule has 0 radical (unpaired) electrons. The lowest BCUT2D eigenvalue weighted by molar-refractivity contribution is 0.0926. The van der Waals surface area contributed by atoms with Crippen LogP contribution in [0.2, 0.25) is 0 Å². The molecule has 2 amide bonds. The minimum Gasteiger partial charge on any atom is -0.270 e. The van der Waals surface area contributed by atoms with Crippen molar-refractivity contribution in [2.24, 2.45) is 0 Å². The smallest absolute Gasteiger partial charge is 0.266 e. The van der Waals surface area contributed by atoms with Gasteiger partial charge < -0.3 is 0 Å². The van der Waals surface area contributed by atoms with Crippen LogP contribution in [0.5, 0.6) is 0 Å². The summed E-state index contributed by atoms with van der Waals surface area (Å²) in [6.45, 7) is 0.453. The Morgan fingerprint density at radius 2 is 1.33 bits per heavy atom. The van der Waals surface area contributed by atoms with Gasteiger partial charge in [0.1, 0.15) is 0 Å². The molecule has 0 bridgehead atoms. The van der Waals surface area contributed by atoms with Gasteiger partial charge in [0.05, 0.1) is 28.3 Å². The van der Waals surface area contributed by atoms with Crippen LogP contribution in [0.3, 0.4) is 0 Å². The number of hydrogen-bond acceptors (Lipinski definition) is 4. The number of benzene rings is 2. The minimum absolute atomic E-state index is 0.146. The molecule has 4 rings (SSSR count). The third-order valence-electron chi connectivity index (χ3n) is 4.29. The molecule has 7 heteroatoms. The lowest BCUT2D eigenvalue weighted by Gasteiger charge is -2.19. The number of rotatable bonds is 2. The van der Waals surface area contributed by atoms with E-state index in [0.29, 0.717) is 35.5 Å². The van der Waals surface area contributed by atoms with Gasteiger partial charge in [-0.3, -0.25) is 13.9 Å². The van der Waals surface area contributed by atoms with Gasteiger partial charge in [-0.05, 0) is 42.8 Å². The Kier molecular flexibility index (Phi) is 3.21. The van der Waals surface area contributed by atoms with Gasteiger partial charge in [0.15, 0.2) is 0 Å². The van der Waals surface area contributed by atoms with Crippen molar-refractivity contribution in [3.63, 3.8) is 0 Å². The molecule has 2 heterocycles. The summed E-state index contributed by atoms with van der Waals surface area (Å²) in [5.41, 5.74) is 1.75. The zero-order chi connectivity index (χ0) is 16.9. The summed E-state index contributed by atoms with van der Waals surface area (Å²) >= 11 is 0. The van der Waals surface area contributed by atoms with Crippen LogP contribution in [0.4, 0.5) is 11.4 Å². The molecule has 0 spiro atoms. The van der Waals surface area contributed by atoms with E-state index < -0.39 is 10.0 Å². The highest BCUT2D eigenvalue weighted by Crippen LogP contribution is 2.31. The number of fused-ring (bicyclic) bond motifs is 1. The van der Waals surface area contributed by atoms with Crippen LogP contribution in [-0.2, 0) is 10.0 Å². The molecule has 1 fully saturated rings. The maximum absolute atomic E-state index is 12.5. The number of imide groups is 1. The van der Waals surface area contributed by atoms with Gasteiger partial charge in [-0.1, -0.05) is 12.1 Å². The van der Waals surface area contributed by atoms with Crippen LogP contribution in [-0.4, -0.2) is 32.5 Å². The molecule has 0 aromatic heterocycles. The molecule has 0 unspecified atom stereocenters. The van der Waals surface area contributed by atoms with Gasteiger partial charge in [-0.15, -0.1) is 0 Å². The molecule has 0 N–H and O–H groups in total. The number of sulfonamides is 1. The summed E-state index contributed by atoms with van der Waals surface area (Å²) in [5, 5.41) is 0. The fourth-order valence-electron chi connectivity index (χ4n) is 3.12. The van der Waals surface area contributed by atoms with Crippen LogP contribution in [0.1, 0.15) is 27.1 Å². The van der Waals surface area contributed by atoms with Gasteiger partial charge in [0.25, 0.3) is 11.8 Å². The van der Waals surface area contributed by atoms with E-state index in [1.54, 1.807) is 48.5 Å². The van der Waals surface area contributed by atoms with Gasteiger partial charge in [0.2, 0.25) is 10.0 Å². The minimum atomic E-state index is -3.25. The standard InChI is InChI=1S/C17H14N2O4S/c20-16-14-4-1-2-5-15(14)17(21)19(16)13-8-6-12(7-9-13)18-10-3-11-24(18,22)23/h1-2,4-9H,3,10-11H2. The van der Waals surface area contributed by atoms with E-state index in [4.69, 9.17) is 0 Å². The van der Waals surface area contributed by atoms with Crippen molar-refractivity contribution < 1.29 is 18.0 Å². The zero-order valence-corrected chi connectivity index (χ0v) is 13.5. The maximum Gasteiger partial charge on any atom is 0.266 e. The number of anilines is 2. The molecule has 0 aliphatic carbocycles. The molecule has 6 nitrogen and oxygen atoms in total. The summed E-state index contributed by atoms with van der Waals surface area (Å²) in [7, 11) is -3.25. The van der Waals surface area contributed by atoms with Crippen molar-refractivity contribution in [3.8, 4) is 0 Å². The van der Waals surface area contributed by atoms with Crippen LogP contribution in [0, 0.1) is 0 Å². The van der Waals surface area contributed by atoms with Crippen molar-refractivity contribution in [3.05, 3.63) is 59.7 Å². The van der Waals surface area contributed by atoms with E-state index in [1.807, 2.05) is 0 Å². The third kappa shape index (κ3) is 2.12. The Balaban J connectivity index is 1.67. The molecule has 0 atom stereocenters. The fourth-order valence-corrected chi connectivity index (χ4v) is 4.69. The number of hydrogen-bond donors (Lipinski definition) is 0. The van der Waals surface area contributed by atoms with E-state index in [0.717, 1.165) is 4.90 Å². The second-order valence-electron chi connectivity index (χ2n) is 5.75. The first-order valence-electron chi connectivity index (χ1n) is 7.57. The maximum atomic E-state index is 12.5. The predicted octanol–water partition coefficient (Wildman–Crippen LogP) is 2.03. The number of amides is 2. The van der Waals surface area contributed by atoms with E-state index in [1.165, 1.54) is 4.31 Å². The molecule has 0 saturated carbocycles. The topological polar surface area (TPSA) is 74.8 Å². The monoisotopic (exact) mass is 342 g/mol. The Bertz CT molecular complexity index is 916. The van der Waals surface area contributed by atoms with Crippen LogP contribution in [0.25, 0.3) is 0 Å². The van der Waals surface area contributed by atoms with E-state index >= 15 is 0 Å². The first-order chi connectivity index (χ1) is 11.5. The highest BCUT2D eigenvalue weighted by molar-refractivity contribution is 7.93. The third-order valence-corrected chi connectivity index (χ3v) is 6.16. The summed E-state index contributed by atoms with van der Waals surface area (Å²) < 4.78 is 25.3. The highest BCUT2D eigenvalue weighted by atomic mass is 32.2. The van der Waals surface area contributed by atoms with E-state index in [-0.39, 0.29) is 17.6 Å². The molecular weight excluding hydrogens is 328 g/mol. The average Bonchev–Trinajstić information content (AvgIpc) is 3.06. The second-order valence-corrected chi connectivity index (χ2v) is 7.76. The van der Waals surface area contributed by atoms with Gasteiger partial charge in [0, 0.05) is 6.54 Å². The summed E-state index contributed by atoms with van der Waals surface area (Å²) in [6.07, 6.45) is 0.600. The van der Waals surface area contributed by atoms with E-state index in [2.05, 4.69) is 0 Å². The Morgan fingerprint density at radius 3 is 1.83 bits per heavy atom. The summed E-state index contributed by atoms with van der Waals surface area (Å²) in [5.74, 6) is -0.582. The highest BCUT2D eigenvalue weighted by Gasteiger charge is 2.36. The van der Waals surface area contributed by atoms with E-state index in [9.17, 15) is 18.0 Å². The molecule has 2 aromatic rings. The quantitative estimate of drug-likeness (QED) is 0.783. The van der Waals surface area contributed by atoms with Crippen molar-refractivity contribution in [2.45, 2.75) is 6.42 Å². The SMILES string of the molecule is O=C1c2ccccc2C(=O)N1c1ccc(N2CCCS2(=O)=O)cc1. The fraction of sp³-hybridized carbons (Fsp3) is 0.176. The van der Waals surface area contributed by atoms with Crippen molar-refractivity contribution in [2.75, 3.05) is 21.5 Å². The summed E-state index contributed by atoms with van der Waals surface area (Å²) in [6, 6.07) is 13.1. The Morgan fingerprint density at radius 1 is 0.792 bits per heavy atom. The van der Waals surface area contributed by atoms with Gasteiger partial charge >= 0.3 is 0 Å². The van der Waals surface area contributed by atoms with Gasteiger partial charge in [-0.25, -0.2) is 13.3 Å². The first kappa shape index (κ1) is 14.9. The van der Waals surface area contributed by atoms with Crippen LogP contribution < -0.4 is 9.21 Å². The Hall–Kier alpha value is -2.67. The lowest BCUT2D eigenvalue weighted by Crippen LogP contribution is -2.29. The number of nitrogens with zero attached hydrogens (tertiary/aromatic N) is 2. The van der Waals surface area contributed by atoms with Crippen molar-refractivity contribution >= 4 is 33.2 Å². The number of carbonyl (C=O) groups excluding carboxylic acids is 2. The molecule has 122 valence electrons. The summed E-state index contributed by atoms with van der Waals surface area (Å²) in [4.78, 5) is 26.0. The van der Waals surface area contributed by atoms with Crippen LogP contribution >= 0.6 is 0 Å². The second kappa shape index (κ2) is 5.17. The van der Waals surface area contributed by atoms with Crippen molar-refractivity contribution in [1.29, 1.82) is 0 Å². The zero-order valence-electron chi connectivity index (χ0n) is 12.7. The van der Waals surface area contributed by atoms with Gasteiger partial charge in [-0.2, -0.15) is 0 Å². The first-order valence-corrected chi connectivity index (χ1v) is 9.18. The Labute approximate surface area is 139 Å². The molecular formula is C17H14N2O4S. The predicted molar refractivity (Wildman–Crippen MR) is 89.8 cm³/mol. The normalized spacial score (nSPS) is 19.0. The molecule has 2 aliphatic heterocycles. The molecule has 2 aliphatic rings. The molecule has 24 heavy (non-hydrogen) atoms.